The number of aliphatic hydroxyl groups excluding tert-OH is 2. The summed E-state index contributed by atoms with van der Waals surface area (Å²) in [6.45, 7) is 0. The number of anilines is 2. The summed E-state index contributed by atoms with van der Waals surface area (Å²) in [6, 6.07) is 16.9. The van der Waals surface area contributed by atoms with Gasteiger partial charge < -0.3 is 20.8 Å². The van der Waals surface area contributed by atoms with Gasteiger partial charge in [-0.2, -0.15) is 0 Å². The van der Waals surface area contributed by atoms with Gasteiger partial charge in [-0.1, -0.05) is 36.4 Å². The van der Waals surface area contributed by atoms with Gasteiger partial charge in [-0.05, 0) is 24.3 Å². The summed E-state index contributed by atoms with van der Waals surface area (Å²) in [6.07, 6.45) is -3.74. The molecule has 6 heteroatoms. The number of carbonyl (C=O) groups is 2. The Morgan fingerprint density at radius 3 is 1.32 bits per heavy atom. The topological polar surface area (TPSA) is 98.7 Å². The number of nitrogens with one attached hydrogen (secondary N) is 2. The fourth-order valence-electron chi connectivity index (χ4n) is 1.76. The van der Waals surface area contributed by atoms with Gasteiger partial charge in [0, 0.05) is 11.4 Å². The highest BCUT2D eigenvalue weighted by Crippen LogP contribution is 2.09. The van der Waals surface area contributed by atoms with Gasteiger partial charge in [0.05, 0.1) is 0 Å². The van der Waals surface area contributed by atoms with Crippen molar-refractivity contribution in [3.8, 4) is 0 Å². The van der Waals surface area contributed by atoms with Crippen LogP contribution in [0, 0.1) is 0 Å². The fourth-order valence-corrected chi connectivity index (χ4v) is 1.76. The molecule has 4 N–H and O–H groups in total. The second-order valence-electron chi connectivity index (χ2n) is 4.60. The minimum atomic E-state index is -1.87. The monoisotopic (exact) mass is 300 g/mol. The van der Waals surface area contributed by atoms with Crippen LogP contribution in [0.5, 0.6) is 0 Å². The predicted octanol–water partition coefficient (Wildman–Crippen LogP) is 0.986. The molecule has 0 bridgehead atoms. The summed E-state index contributed by atoms with van der Waals surface area (Å²) >= 11 is 0. The van der Waals surface area contributed by atoms with E-state index in [4.69, 9.17) is 0 Å². The number of aliphatic hydroxyl groups is 2. The van der Waals surface area contributed by atoms with E-state index in [1.807, 2.05) is 0 Å². The van der Waals surface area contributed by atoms with E-state index in [1.54, 1.807) is 60.7 Å². The van der Waals surface area contributed by atoms with E-state index in [9.17, 15) is 19.8 Å². The smallest absolute Gasteiger partial charge is 0.256 e. The van der Waals surface area contributed by atoms with Crippen LogP contribution in [0.1, 0.15) is 0 Å². The van der Waals surface area contributed by atoms with Crippen LogP contribution in [-0.4, -0.2) is 34.2 Å². The van der Waals surface area contributed by atoms with Crippen molar-refractivity contribution in [3.05, 3.63) is 60.7 Å². The third-order valence-corrected chi connectivity index (χ3v) is 2.92. The third-order valence-electron chi connectivity index (χ3n) is 2.92. The molecule has 2 aromatic carbocycles. The number of benzene rings is 2. The molecule has 0 fully saturated rings. The van der Waals surface area contributed by atoms with E-state index in [2.05, 4.69) is 10.6 Å². The van der Waals surface area contributed by atoms with Crippen molar-refractivity contribution in [3.63, 3.8) is 0 Å². The number of amides is 2. The zero-order valence-corrected chi connectivity index (χ0v) is 11.6. The molecule has 2 rings (SSSR count). The van der Waals surface area contributed by atoms with Gasteiger partial charge >= 0.3 is 0 Å². The molecule has 114 valence electrons. The van der Waals surface area contributed by atoms with Crippen molar-refractivity contribution in [1.82, 2.24) is 0 Å². The molecule has 0 aliphatic heterocycles. The van der Waals surface area contributed by atoms with Crippen LogP contribution < -0.4 is 10.6 Å². The van der Waals surface area contributed by atoms with Crippen LogP contribution >= 0.6 is 0 Å². The molecule has 0 radical (unpaired) electrons. The van der Waals surface area contributed by atoms with E-state index < -0.39 is 24.0 Å². The summed E-state index contributed by atoms with van der Waals surface area (Å²) in [5.74, 6) is -1.72. The highest BCUT2D eigenvalue weighted by molar-refractivity contribution is 6.02. The van der Waals surface area contributed by atoms with Crippen molar-refractivity contribution < 1.29 is 19.8 Å². The van der Waals surface area contributed by atoms with Crippen LogP contribution in [0.2, 0.25) is 0 Å². The molecule has 22 heavy (non-hydrogen) atoms. The second-order valence-corrected chi connectivity index (χ2v) is 4.60. The Bertz CT molecular complexity index is 574. The van der Waals surface area contributed by atoms with Crippen molar-refractivity contribution in [2.45, 2.75) is 12.2 Å². The molecule has 0 unspecified atom stereocenters. The molecular weight excluding hydrogens is 284 g/mol. The van der Waals surface area contributed by atoms with Crippen molar-refractivity contribution in [2.75, 3.05) is 10.6 Å². The number of para-hydroxylation sites is 2. The number of hydrogen-bond donors (Lipinski definition) is 4. The van der Waals surface area contributed by atoms with E-state index in [0.29, 0.717) is 11.4 Å². The molecule has 0 aromatic heterocycles. The van der Waals surface area contributed by atoms with Gasteiger partial charge in [0.1, 0.15) is 0 Å². The largest absolute Gasteiger partial charge is 0.380 e. The molecule has 0 saturated heterocycles. The van der Waals surface area contributed by atoms with Crippen LogP contribution in [-0.2, 0) is 9.59 Å². The quantitative estimate of drug-likeness (QED) is 0.661. The highest BCUT2D eigenvalue weighted by Gasteiger charge is 2.30. The maximum atomic E-state index is 11.8. The van der Waals surface area contributed by atoms with Gasteiger partial charge in [0.15, 0.2) is 12.2 Å². The average Bonchev–Trinajstić information content (AvgIpc) is 2.55. The molecule has 2 amide bonds. The summed E-state index contributed by atoms with van der Waals surface area (Å²) in [4.78, 5) is 23.6. The van der Waals surface area contributed by atoms with Gasteiger partial charge in [0.25, 0.3) is 11.8 Å². The lowest BCUT2D eigenvalue weighted by Crippen LogP contribution is -2.45. The van der Waals surface area contributed by atoms with Crippen molar-refractivity contribution in [2.24, 2.45) is 0 Å². The second kappa shape index (κ2) is 7.35. The molecule has 0 heterocycles. The lowest BCUT2D eigenvalue weighted by molar-refractivity contribution is -0.139. The Balaban J connectivity index is 1.94. The van der Waals surface area contributed by atoms with E-state index in [-0.39, 0.29) is 0 Å². The van der Waals surface area contributed by atoms with E-state index in [1.165, 1.54) is 0 Å². The number of carbonyl (C=O) groups excluding carboxylic acids is 2. The highest BCUT2D eigenvalue weighted by atomic mass is 16.3. The van der Waals surface area contributed by atoms with E-state index >= 15 is 0 Å². The van der Waals surface area contributed by atoms with Crippen LogP contribution in [0.3, 0.4) is 0 Å². The van der Waals surface area contributed by atoms with E-state index in [0.717, 1.165) is 0 Å². The Morgan fingerprint density at radius 1 is 0.682 bits per heavy atom. The first kappa shape index (κ1) is 15.7. The van der Waals surface area contributed by atoms with Gasteiger partial charge in [-0.3, -0.25) is 9.59 Å². The first-order valence-corrected chi connectivity index (χ1v) is 6.66. The first-order valence-electron chi connectivity index (χ1n) is 6.66. The summed E-state index contributed by atoms with van der Waals surface area (Å²) in [7, 11) is 0. The zero-order chi connectivity index (χ0) is 15.9. The summed E-state index contributed by atoms with van der Waals surface area (Å²) in [5, 5.41) is 24.4. The standard InChI is InChI=1S/C16H16N2O4/c19-13(15(21)17-11-7-3-1-4-8-11)14(20)16(22)18-12-9-5-2-6-10-12/h1-10,13-14,19-20H,(H,17,21)(H,18,22)/t13-,14-/m1/s1. The minimum Gasteiger partial charge on any atom is -0.380 e. The Hall–Kier alpha value is -2.70. The first-order chi connectivity index (χ1) is 10.6. The summed E-state index contributed by atoms with van der Waals surface area (Å²) in [5.41, 5.74) is 0.921. The zero-order valence-electron chi connectivity index (χ0n) is 11.6. The molecule has 6 nitrogen and oxygen atoms in total. The fraction of sp³-hybridized carbons (Fsp3) is 0.125. The van der Waals surface area contributed by atoms with Crippen LogP contribution in [0.25, 0.3) is 0 Å². The minimum absolute atomic E-state index is 0.460. The Morgan fingerprint density at radius 2 is 1.00 bits per heavy atom. The SMILES string of the molecule is O=C(Nc1ccccc1)[C@H](O)[C@@H](O)C(=O)Nc1ccccc1. The lowest BCUT2D eigenvalue weighted by atomic mass is 10.1. The number of rotatable bonds is 5. The maximum absolute atomic E-state index is 11.8. The average molecular weight is 300 g/mol. The molecule has 2 aromatic rings. The Kier molecular flexibility index (Phi) is 5.24. The molecule has 2 atom stereocenters. The lowest BCUT2D eigenvalue weighted by Gasteiger charge is -2.17. The van der Waals surface area contributed by atoms with Crippen molar-refractivity contribution >= 4 is 23.2 Å². The molecule has 0 aliphatic rings. The Labute approximate surface area is 127 Å². The third kappa shape index (κ3) is 4.15. The van der Waals surface area contributed by atoms with Crippen LogP contribution in [0.4, 0.5) is 11.4 Å². The van der Waals surface area contributed by atoms with Crippen molar-refractivity contribution in [1.29, 1.82) is 0 Å². The van der Waals surface area contributed by atoms with Gasteiger partial charge in [0.2, 0.25) is 0 Å². The molecule has 0 saturated carbocycles. The predicted molar refractivity (Wildman–Crippen MR) is 82.2 cm³/mol. The van der Waals surface area contributed by atoms with Gasteiger partial charge in [-0.15, -0.1) is 0 Å². The maximum Gasteiger partial charge on any atom is 0.256 e. The molecule has 0 aliphatic carbocycles. The molecule has 0 spiro atoms. The normalized spacial score (nSPS) is 13.0. The number of hydrogen-bond acceptors (Lipinski definition) is 4. The van der Waals surface area contributed by atoms with Gasteiger partial charge in [-0.25, -0.2) is 0 Å². The summed E-state index contributed by atoms with van der Waals surface area (Å²) < 4.78 is 0. The van der Waals surface area contributed by atoms with Crippen LogP contribution in [0.15, 0.2) is 60.7 Å². The molecular formula is C16H16N2O4.